The number of carbonyl (C=O) groups excluding carboxylic acids is 1. The lowest BCUT2D eigenvalue weighted by Gasteiger charge is -2.19. The minimum atomic E-state index is -0.0291. The van der Waals surface area contributed by atoms with Crippen LogP contribution >= 0.6 is 0 Å². The summed E-state index contributed by atoms with van der Waals surface area (Å²) in [6.45, 7) is 2.60. The van der Waals surface area contributed by atoms with E-state index in [0.717, 1.165) is 30.5 Å². The molecule has 3 N–H and O–H groups in total. The third kappa shape index (κ3) is 2.87. The lowest BCUT2D eigenvalue weighted by Crippen LogP contribution is -2.39. The van der Waals surface area contributed by atoms with Gasteiger partial charge in [0.15, 0.2) is 0 Å². The maximum Gasteiger partial charge on any atom is 0.251 e. The maximum absolute atomic E-state index is 12.4. The van der Waals surface area contributed by atoms with Crippen molar-refractivity contribution in [2.45, 2.75) is 32.2 Å². The van der Waals surface area contributed by atoms with Crippen molar-refractivity contribution in [2.75, 3.05) is 6.54 Å². The number of rotatable bonds is 4. The van der Waals surface area contributed by atoms with Crippen LogP contribution in [-0.4, -0.2) is 33.3 Å². The minimum absolute atomic E-state index is 0.0291. The molecule has 0 spiro atoms. The molecule has 22 heavy (non-hydrogen) atoms. The van der Waals surface area contributed by atoms with Gasteiger partial charge in [-0.3, -0.25) is 4.79 Å². The molecule has 1 aromatic heterocycles. The quantitative estimate of drug-likeness (QED) is 0.894. The van der Waals surface area contributed by atoms with Crippen molar-refractivity contribution in [3.8, 4) is 5.69 Å². The molecular formula is C16H21N5O. The van der Waals surface area contributed by atoms with Crippen LogP contribution in [0.3, 0.4) is 0 Å². The van der Waals surface area contributed by atoms with Crippen molar-refractivity contribution in [3.63, 3.8) is 0 Å². The van der Waals surface area contributed by atoms with Crippen LogP contribution in [0.2, 0.25) is 0 Å². The number of benzene rings is 1. The van der Waals surface area contributed by atoms with Crippen molar-refractivity contribution in [2.24, 2.45) is 11.7 Å². The molecule has 2 atom stereocenters. The van der Waals surface area contributed by atoms with Crippen molar-refractivity contribution in [1.82, 2.24) is 20.1 Å². The fourth-order valence-corrected chi connectivity index (χ4v) is 3.15. The standard InChI is InChI=1S/C16H21N5O/c1-11-7-12(5-6-15(11)21-10-18-9-19-21)16(22)20-14-4-2-3-13(14)8-17/h5-7,9-10,13-14H,2-4,8,17H2,1H3,(H,20,22). The van der Waals surface area contributed by atoms with E-state index in [1.807, 2.05) is 25.1 Å². The number of hydrogen-bond donors (Lipinski definition) is 2. The molecule has 1 aromatic carbocycles. The molecule has 1 aliphatic carbocycles. The number of nitrogens with two attached hydrogens (primary N) is 1. The molecule has 0 radical (unpaired) electrons. The zero-order chi connectivity index (χ0) is 15.5. The number of aromatic nitrogens is 3. The summed E-state index contributed by atoms with van der Waals surface area (Å²) < 4.78 is 1.69. The number of nitrogens with one attached hydrogen (secondary N) is 1. The molecular weight excluding hydrogens is 278 g/mol. The molecule has 0 bridgehead atoms. The highest BCUT2D eigenvalue weighted by atomic mass is 16.1. The topological polar surface area (TPSA) is 85.8 Å². The van der Waals surface area contributed by atoms with E-state index in [0.29, 0.717) is 18.0 Å². The van der Waals surface area contributed by atoms with E-state index in [1.54, 1.807) is 11.0 Å². The second-order valence-corrected chi connectivity index (χ2v) is 5.85. The molecule has 2 unspecified atom stereocenters. The molecule has 0 saturated heterocycles. The predicted molar refractivity (Wildman–Crippen MR) is 83.7 cm³/mol. The lowest BCUT2D eigenvalue weighted by atomic mass is 10.0. The molecule has 1 saturated carbocycles. The van der Waals surface area contributed by atoms with E-state index in [4.69, 9.17) is 5.73 Å². The maximum atomic E-state index is 12.4. The fraction of sp³-hybridized carbons (Fsp3) is 0.438. The smallest absolute Gasteiger partial charge is 0.251 e. The summed E-state index contributed by atoms with van der Waals surface area (Å²) in [7, 11) is 0. The third-order valence-electron chi connectivity index (χ3n) is 4.40. The van der Waals surface area contributed by atoms with Crippen molar-refractivity contribution in [1.29, 1.82) is 0 Å². The Balaban J connectivity index is 1.75. The normalized spacial score (nSPS) is 21.0. The molecule has 1 fully saturated rings. The molecule has 1 amide bonds. The van der Waals surface area contributed by atoms with E-state index < -0.39 is 0 Å². The van der Waals surface area contributed by atoms with Crippen molar-refractivity contribution in [3.05, 3.63) is 42.0 Å². The molecule has 3 rings (SSSR count). The van der Waals surface area contributed by atoms with Crippen molar-refractivity contribution >= 4 is 5.91 Å². The lowest BCUT2D eigenvalue weighted by molar-refractivity contribution is 0.0928. The molecule has 2 aromatic rings. The van der Waals surface area contributed by atoms with Gasteiger partial charge in [-0.1, -0.05) is 6.42 Å². The van der Waals surface area contributed by atoms with E-state index >= 15 is 0 Å². The summed E-state index contributed by atoms with van der Waals surface area (Å²) in [5.74, 6) is 0.373. The van der Waals surface area contributed by atoms with Gasteiger partial charge in [-0.15, -0.1) is 0 Å². The highest BCUT2D eigenvalue weighted by molar-refractivity contribution is 5.94. The summed E-state index contributed by atoms with van der Waals surface area (Å²) in [4.78, 5) is 16.4. The van der Waals surface area contributed by atoms with Crippen LogP contribution in [-0.2, 0) is 0 Å². The molecule has 6 heteroatoms. The first-order valence-corrected chi connectivity index (χ1v) is 7.65. The summed E-state index contributed by atoms with van der Waals surface area (Å²) in [6.07, 6.45) is 6.39. The Labute approximate surface area is 129 Å². The number of nitrogens with zero attached hydrogens (tertiary/aromatic N) is 3. The van der Waals surface area contributed by atoms with Gasteiger partial charge in [0.25, 0.3) is 5.91 Å². The number of amides is 1. The molecule has 1 aliphatic rings. The second-order valence-electron chi connectivity index (χ2n) is 5.85. The Kier molecular flexibility index (Phi) is 4.20. The molecule has 1 heterocycles. The van der Waals surface area contributed by atoms with Gasteiger partial charge in [0, 0.05) is 11.6 Å². The van der Waals surface area contributed by atoms with Gasteiger partial charge >= 0.3 is 0 Å². The average Bonchev–Trinajstić information content (AvgIpc) is 3.18. The van der Waals surface area contributed by atoms with E-state index in [-0.39, 0.29) is 11.9 Å². The summed E-state index contributed by atoms with van der Waals surface area (Å²) in [5.41, 5.74) is 8.35. The van der Waals surface area contributed by atoms with Crippen molar-refractivity contribution < 1.29 is 4.79 Å². The van der Waals surface area contributed by atoms with Gasteiger partial charge in [0.2, 0.25) is 0 Å². The Bertz CT molecular complexity index is 653. The monoisotopic (exact) mass is 299 g/mol. The van der Waals surface area contributed by atoms with Crippen LogP contribution in [0.1, 0.15) is 35.2 Å². The first-order chi connectivity index (χ1) is 10.7. The Hall–Kier alpha value is -2.21. The SMILES string of the molecule is Cc1cc(C(=O)NC2CCCC2CN)ccc1-n1cncn1. The summed E-state index contributed by atoms with van der Waals surface area (Å²) in [5, 5.41) is 7.24. The van der Waals surface area contributed by atoms with Crippen LogP contribution in [0.5, 0.6) is 0 Å². The number of aryl methyl sites for hydroxylation is 1. The Morgan fingerprint density at radius 2 is 2.32 bits per heavy atom. The largest absolute Gasteiger partial charge is 0.349 e. The summed E-state index contributed by atoms with van der Waals surface area (Å²) in [6, 6.07) is 5.81. The van der Waals surface area contributed by atoms with Crippen LogP contribution in [0.15, 0.2) is 30.9 Å². The van der Waals surface area contributed by atoms with E-state index in [2.05, 4.69) is 15.4 Å². The molecule has 0 aliphatic heterocycles. The fourth-order valence-electron chi connectivity index (χ4n) is 3.15. The highest BCUT2D eigenvalue weighted by Gasteiger charge is 2.27. The van der Waals surface area contributed by atoms with Crippen LogP contribution in [0.4, 0.5) is 0 Å². The van der Waals surface area contributed by atoms with Gasteiger partial charge < -0.3 is 11.1 Å². The van der Waals surface area contributed by atoms with E-state index in [1.165, 1.54) is 6.33 Å². The Morgan fingerprint density at radius 3 is 3.00 bits per heavy atom. The van der Waals surface area contributed by atoms with E-state index in [9.17, 15) is 4.79 Å². The zero-order valence-corrected chi connectivity index (χ0v) is 12.7. The van der Waals surface area contributed by atoms with Crippen LogP contribution < -0.4 is 11.1 Å². The van der Waals surface area contributed by atoms with Crippen LogP contribution in [0.25, 0.3) is 5.69 Å². The van der Waals surface area contributed by atoms with Crippen LogP contribution in [0, 0.1) is 12.8 Å². The number of carbonyl (C=O) groups is 1. The zero-order valence-electron chi connectivity index (χ0n) is 12.7. The van der Waals surface area contributed by atoms with Gasteiger partial charge in [0.1, 0.15) is 12.7 Å². The Morgan fingerprint density at radius 1 is 1.45 bits per heavy atom. The van der Waals surface area contributed by atoms with Gasteiger partial charge in [-0.05, 0) is 56.0 Å². The van der Waals surface area contributed by atoms with Gasteiger partial charge in [0.05, 0.1) is 5.69 Å². The average molecular weight is 299 g/mol. The first-order valence-electron chi connectivity index (χ1n) is 7.65. The second kappa shape index (κ2) is 6.27. The highest BCUT2D eigenvalue weighted by Crippen LogP contribution is 2.25. The van der Waals surface area contributed by atoms with Gasteiger partial charge in [-0.2, -0.15) is 5.10 Å². The predicted octanol–water partition coefficient (Wildman–Crippen LogP) is 1.43. The summed E-state index contributed by atoms with van der Waals surface area (Å²) >= 11 is 0. The first kappa shape index (κ1) is 14.7. The van der Waals surface area contributed by atoms with Gasteiger partial charge in [-0.25, -0.2) is 9.67 Å². The third-order valence-corrected chi connectivity index (χ3v) is 4.40. The molecule has 6 nitrogen and oxygen atoms in total. The minimum Gasteiger partial charge on any atom is -0.349 e. The molecule has 116 valence electrons. The number of hydrogen-bond acceptors (Lipinski definition) is 4.